The Bertz CT molecular complexity index is 3420. The van der Waals surface area contributed by atoms with E-state index in [2.05, 4.69) is 41.5 Å². The number of hydrogen-bond acceptors (Lipinski definition) is 23. The monoisotopic (exact) mass is 1540 g/mol. The maximum absolute atomic E-state index is 14.7. The molecule has 2 aliphatic rings. The van der Waals surface area contributed by atoms with Crippen molar-refractivity contribution in [2.75, 3.05) is 70.9 Å². The van der Waals surface area contributed by atoms with Crippen molar-refractivity contribution in [3.05, 3.63) is 54.2 Å². The van der Waals surface area contributed by atoms with Crippen LogP contribution in [0.5, 0.6) is 0 Å². The van der Waals surface area contributed by atoms with E-state index in [1.165, 1.54) is 43.0 Å². The minimum Gasteiger partial charge on any atom is -0.480 e. The van der Waals surface area contributed by atoms with Gasteiger partial charge in [-0.25, -0.2) is 4.98 Å². The molecule has 4 heterocycles. The first kappa shape index (κ1) is 89.5. The van der Waals surface area contributed by atoms with Crippen molar-refractivity contribution in [3.8, 4) is 0 Å². The average molecular weight is 1550 g/mol. The maximum atomic E-state index is 14.7. The molecule has 2 aromatic heterocycles. The predicted molar refractivity (Wildman–Crippen MR) is 378 cm³/mol. The largest absolute Gasteiger partial charge is 2.00 e. The van der Waals surface area contributed by atoms with E-state index in [0.29, 0.717) is 40.8 Å². The molecule has 15 N–H and O–H groups in total. The molecule has 2 saturated heterocycles. The summed E-state index contributed by atoms with van der Waals surface area (Å²) in [6.07, 6.45) is -6.68. The van der Waals surface area contributed by atoms with Crippen molar-refractivity contribution in [1.82, 2.24) is 56.2 Å². The first-order valence-electron chi connectivity index (χ1n) is 35.1. The molecule has 13 atom stereocenters. The molecule has 2 fully saturated rings. The van der Waals surface area contributed by atoms with Crippen LogP contribution in [0.25, 0.3) is 10.9 Å². The van der Waals surface area contributed by atoms with Crippen LogP contribution in [0.15, 0.2) is 43.0 Å². The average Bonchev–Trinajstić information content (AvgIpc) is 1.79. The van der Waals surface area contributed by atoms with Crippen molar-refractivity contribution >= 4 is 105 Å². The molecule has 1 aromatic carbocycles. The van der Waals surface area contributed by atoms with Crippen molar-refractivity contribution in [3.63, 3.8) is 0 Å². The number of para-hydroxylation sites is 1. The number of fused-ring (bicyclic) bond motifs is 1. The zero-order valence-corrected chi connectivity index (χ0v) is 62.1. The molecule has 6 amide bonds. The van der Waals surface area contributed by atoms with Crippen LogP contribution >= 0.6 is 11.8 Å². The van der Waals surface area contributed by atoms with E-state index in [1.54, 1.807) is 54.1 Å². The van der Waals surface area contributed by atoms with Crippen LogP contribution in [0.4, 0.5) is 0 Å². The second-order valence-corrected chi connectivity index (χ2v) is 28.7. The Hall–Kier alpha value is -7.86. The number of aromatic amines is 2. The number of Topliss-reactive ketones (excluding diaryl/α,β-unsaturated/α-hetero) is 5. The second-order valence-electron chi connectivity index (χ2n) is 27.8. The van der Waals surface area contributed by atoms with Crippen LogP contribution < -0.4 is 32.3 Å². The summed E-state index contributed by atoms with van der Waals surface area (Å²) >= 11 is 1.52. The van der Waals surface area contributed by atoms with E-state index >= 15 is 0 Å². The van der Waals surface area contributed by atoms with Crippen molar-refractivity contribution in [2.24, 2.45) is 35.3 Å². The Morgan fingerprint density at radius 1 is 0.657 bits per heavy atom. The molecule has 585 valence electrons. The number of ketones is 5. The molecule has 105 heavy (non-hydrogen) atoms. The number of aliphatic hydroxyl groups is 3. The van der Waals surface area contributed by atoms with E-state index in [4.69, 9.17) is 10.5 Å². The number of imidazole rings is 1. The fourth-order valence-corrected chi connectivity index (χ4v) is 13.2. The van der Waals surface area contributed by atoms with Gasteiger partial charge in [0.15, 0.2) is 28.9 Å². The Balaban J connectivity index is 0.0000233. The van der Waals surface area contributed by atoms with Crippen LogP contribution in [0.2, 0.25) is 0 Å². The number of aromatic nitrogens is 3. The summed E-state index contributed by atoms with van der Waals surface area (Å²) < 4.78 is 5.82. The van der Waals surface area contributed by atoms with Gasteiger partial charge in [0.25, 0.3) is 0 Å². The molecule has 1 radical (unpaired) electrons. The zero-order chi connectivity index (χ0) is 77.1. The Labute approximate surface area is 624 Å². The van der Waals surface area contributed by atoms with E-state index in [-0.39, 0.29) is 120 Å². The van der Waals surface area contributed by atoms with E-state index in [9.17, 15) is 97.8 Å². The molecule has 35 heteroatoms. The van der Waals surface area contributed by atoms with Crippen molar-refractivity contribution < 1.29 is 120 Å². The summed E-state index contributed by atoms with van der Waals surface area (Å²) in [5, 5.41) is 76.6. The molecule has 0 aliphatic carbocycles. The number of carbonyl (C=O) groups is 14. The van der Waals surface area contributed by atoms with Crippen LogP contribution in [0.1, 0.15) is 123 Å². The smallest absolute Gasteiger partial charge is 0.480 e. The van der Waals surface area contributed by atoms with Crippen LogP contribution in [-0.2, 0) is 102 Å². The Morgan fingerprint density at radius 2 is 1.27 bits per heavy atom. The predicted octanol–water partition coefficient (Wildman–Crippen LogP) is -0.694. The molecule has 33 nitrogen and oxygen atoms in total. The van der Waals surface area contributed by atoms with Gasteiger partial charge in [0, 0.05) is 150 Å². The number of nitrogens with one attached hydrogen (secondary N) is 7. The maximum Gasteiger partial charge on any atom is 2.00 e. The molecule has 3 aromatic rings. The molecule has 5 rings (SSSR count). The summed E-state index contributed by atoms with van der Waals surface area (Å²) in [7, 11) is 0. The molecular weight excluding hydrogens is 1440 g/mol. The standard InChI is InChI=1S/C70H104N12O21S.Cu/c1-38(2)26-43(69(100)77-47(41(6)83)18-25-104-7)30-54(86)50(31-45-33-72-37-75-45)76-59(90)17-14-52(84)62(39(3)4)79-67(98)40(5)27-53(85)49(28-44-32-73-48-11-9-8-10-46(44)48)78-68(99)42(12-15-57(71)88)29-55(87)66-65(97)64(96)63(95)56(103-66)34-74-58(89)16-13-51(70(101)102)82-23-21-80(35-60(91)92)19-20-81(22-24-82)36-61(93)94;/h8-11,32-33,37-40,42-43,47,49-51,56,62-66,73,95-97H,12-31,34-36H2,1-7H3,(H2,71,88)(H,72,75)(H,74,89)(H,76,90)(H,77,100)(H,78,99)(H,79,98)(H,91,92)(H,93,94)(H,101,102);/q;+2/t40-,42-,43-,47+,49+,50+,51?,56?,62+,63?,64?,65?,66?;/m1./s1/i;1+0. The first-order chi connectivity index (χ1) is 49.1. The number of carbonyl (C=O) groups excluding carboxylic acids is 11. The SMILES string of the molecule is CSCC[C@H](NC(=O)[C@@H](CC(=O)[C@H](Cc1cnc[nH]1)NC(=O)CCC(=O)[C@@H](NC(=O)[C@H](C)CC(=O)[C@H](Cc1c[nH]c2ccccc12)NC(=O)[C@H](CCC(N)=O)CC(=O)C1OC(CNC(=O)CCC(C(=O)O)N2CCN(CC(=O)O)CCN(CC(=O)O)CC2)C(O)C(O)C1O)C(C)C)CC(C)C)C(C)=O.[64Cu+2]. The molecular formula is C70H104CuN12O21S+2. The number of thioether (sulfide) groups is 1. The number of aliphatic carboxylic acids is 3. The van der Waals surface area contributed by atoms with Gasteiger partial charge in [-0.1, -0.05) is 52.8 Å². The quantitative estimate of drug-likeness (QED) is 0.0311. The van der Waals surface area contributed by atoms with Gasteiger partial charge < -0.3 is 77.7 Å². The number of H-pyrrole nitrogens is 2. The fraction of sp³-hybridized carbons (Fsp3) is 0.643. The molecule has 0 bridgehead atoms. The number of benzene rings is 1. The zero-order valence-electron chi connectivity index (χ0n) is 60.3. The number of aliphatic hydroxyl groups excluding tert-OH is 3. The molecule has 6 unspecified atom stereocenters. The van der Waals surface area contributed by atoms with Crippen LogP contribution in [0, 0.1) is 29.6 Å². The van der Waals surface area contributed by atoms with Gasteiger partial charge >= 0.3 is 35.0 Å². The number of carboxylic acids is 3. The van der Waals surface area contributed by atoms with Gasteiger partial charge in [-0.15, -0.1) is 0 Å². The summed E-state index contributed by atoms with van der Waals surface area (Å²) in [5.41, 5.74) is 7.26. The van der Waals surface area contributed by atoms with Gasteiger partial charge in [-0.3, -0.25) is 81.8 Å². The summed E-state index contributed by atoms with van der Waals surface area (Å²) in [6.45, 7) is 9.29. The number of amides is 6. The number of ether oxygens (including phenoxy) is 1. The topological polar surface area (TPSA) is 510 Å². The van der Waals surface area contributed by atoms with Gasteiger partial charge in [0.2, 0.25) is 35.4 Å². The van der Waals surface area contributed by atoms with Crippen LogP contribution in [0.3, 0.4) is 0 Å². The third kappa shape index (κ3) is 29.4. The Morgan fingerprint density at radius 3 is 1.85 bits per heavy atom. The van der Waals surface area contributed by atoms with Crippen molar-refractivity contribution in [2.45, 2.75) is 186 Å². The number of nitrogens with zero attached hydrogens (tertiary/aromatic N) is 4. The minimum absolute atomic E-state index is 0. The summed E-state index contributed by atoms with van der Waals surface area (Å²) in [4.78, 5) is 202. The number of rotatable bonds is 45. The third-order valence-electron chi connectivity index (χ3n) is 18.7. The first-order valence-corrected chi connectivity index (χ1v) is 36.5. The number of nitrogens with two attached hydrogens (primary N) is 1. The number of carboxylic acid groups (broad SMARTS) is 3. The fourth-order valence-electron chi connectivity index (χ4n) is 12.8. The van der Waals surface area contributed by atoms with Crippen LogP contribution in [-0.4, -0.2) is 274 Å². The van der Waals surface area contributed by atoms with E-state index < -0.39 is 200 Å². The van der Waals surface area contributed by atoms with Crippen molar-refractivity contribution in [1.29, 1.82) is 0 Å². The summed E-state index contributed by atoms with van der Waals surface area (Å²) in [5.74, 6) is -14.4. The van der Waals surface area contributed by atoms with Gasteiger partial charge in [0.05, 0.1) is 43.6 Å². The normalized spacial score (nSPS) is 19.8. The molecule has 0 saturated carbocycles. The van der Waals surface area contributed by atoms with Gasteiger partial charge in [-0.2, -0.15) is 11.8 Å². The van der Waals surface area contributed by atoms with E-state index in [0.717, 1.165) is 0 Å². The molecule has 2 aliphatic heterocycles. The minimum atomic E-state index is -2.10. The van der Waals surface area contributed by atoms with E-state index in [1.807, 2.05) is 20.1 Å². The third-order valence-corrected chi connectivity index (χ3v) is 19.3. The second kappa shape index (κ2) is 44.3. The number of hydrogen-bond donors (Lipinski definition) is 14. The Kier molecular flexibility index (Phi) is 37.8. The molecule has 0 spiro atoms. The van der Waals surface area contributed by atoms with Gasteiger partial charge in [0.1, 0.15) is 36.6 Å². The number of primary amides is 1. The summed E-state index contributed by atoms with van der Waals surface area (Å²) in [6, 6.07) is 1.28. The van der Waals surface area contributed by atoms with Gasteiger partial charge in [-0.05, 0) is 68.1 Å².